The van der Waals surface area contributed by atoms with Crippen LogP contribution in [0.25, 0.3) is 0 Å². The van der Waals surface area contributed by atoms with E-state index in [4.69, 9.17) is 0 Å². The van der Waals surface area contributed by atoms with Crippen LogP contribution in [-0.2, 0) is 4.74 Å². The molecule has 1 N–H and O–H groups in total. The van der Waals surface area contributed by atoms with E-state index in [-0.39, 0.29) is 28.9 Å². The van der Waals surface area contributed by atoms with Crippen molar-refractivity contribution >= 4 is 29.2 Å². The monoisotopic (exact) mass is 363 g/mol. The zero-order valence-electron chi connectivity index (χ0n) is 13.2. The minimum atomic E-state index is -0.705. The molecule has 0 bridgehead atoms. The zero-order valence-corrected chi connectivity index (χ0v) is 14.0. The Balaban J connectivity index is 1.95. The van der Waals surface area contributed by atoms with Gasteiger partial charge < -0.3 is 10.1 Å². The van der Waals surface area contributed by atoms with Gasteiger partial charge in [-0.2, -0.15) is 0 Å². The van der Waals surface area contributed by atoms with Crippen molar-refractivity contribution in [3.8, 4) is 0 Å². The summed E-state index contributed by atoms with van der Waals surface area (Å²) in [7, 11) is 1.19. The fourth-order valence-electron chi connectivity index (χ4n) is 2.63. The number of fused-ring (bicyclic) bond motifs is 1. The van der Waals surface area contributed by atoms with Gasteiger partial charge in [-0.3, -0.25) is 10.1 Å². The van der Waals surface area contributed by atoms with Gasteiger partial charge in [-0.05, 0) is 18.1 Å². The first-order valence-electron chi connectivity index (χ1n) is 7.41. The molecule has 1 aliphatic heterocycles. The SMILES string of the molecule is COC(=O)c1cnc(NC2CCSc3c(F)cccc32)c([N+](=O)[O-])c1. The van der Waals surface area contributed by atoms with Gasteiger partial charge in [0.2, 0.25) is 5.82 Å². The minimum Gasteiger partial charge on any atom is -0.465 e. The van der Waals surface area contributed by atoms with Crippen LogP contribution in [0.5, 0.6) is 0 Å². The molecule has 1 unspecified atom stereocenters. The molecule has 0 fully saturated rings. The number of thioether (sulfide) groups is 1. The molecule has 1 atom stereocenters. The Labute approximate surface area is 146 Å². The van der Waals surface area contributed by atoms with Crippen LogP contribution < -0.4 is 5.32 Å². The van der Waals surface area contributed by atoms with Gasteiger partial charge in [0, 0.05) is 22.9 Å². The largest absolute Gasteiger partial charge is 0.465 e. The minimum absolute atomic E-state index is 0.00889. The lowest BCUT2D eigenvalue weighted by Gasteiger charge is -2.26. The van der Waals surface area contributed by atoms with Crippen molar-refractivity contribution in [2.75, 3.05) is 18.2 Å². The quantitative estimate of drug-likeness (QED) is 0.504. The highest BCUT2D eigenvalue weighted by molar-refractivity contribution is 7.99. The van der Waals surface area contributed by atoms with Gasteiger partial charge in [0.05, 0.1) is 23.6 Å². The first kappa shape index (κ1) is 17.2. The lowest BCUT2D eigenvalue weighted by atomic mass is 10.0. The van der Waals surface area contributed by atoms with Crippen molar-refractivity contribution in [1.82, 2.24) is 4.98 Å². The number of rotatable bonds is 4. The van der Waals surface area contributed by atoms with E-state index < -0.39 is 10.9 Å². The number of halogens is 1. The van der Waals surface area contributed by atoms with E-state index in [2.05, 4.69) is 15.0 Å². The molecule has 1 aliphatic rings. The first-order valence-corrected chi connectivity index (χ1v) is 8.40. The zero-order chi connectivity index (χ0) is 18.0. The molecule has 0 radical (unpaired) electrons. The summed E-state index contributed by atoms with van der Waals surface area (Å²) in [6.45, 7) is 0. The topological polar surface area (TPSA) is 94.4 Å². The van der Waals surface area contributed by atoms with Crippen molar-refractivity contribution in [3.05, 3.63) is 57.5 Å². The molecule has 7 nitrogen and oxygen atoms in total. The van der Waals surface area contributed by atoms with Crippen LogP contribution in [0.2, 0.25) is 0 Å². The second-order valence-corrected chi connectivity index (χ2v) is 6.44. The molecule has 1 aromatic heterocycles. The Morgan fingerprint density at radius 1 is 1.52 bits per heavy atom. The molecule has 1 aromatic carbocycles. The van der Waals surface area contributed by atoms with Crippen molar-refractivity contribution in [1.29, 1.82) is 0 Å². The highest BCUT2D eigenvalue weighted by atomic mass is 32.2. The number of nitrogens with one attached hydrogen (secondary N) is 1. The average molecular weight is 363 g/mol. The van der Waals surface area contributed by atoms with Crippen LogP contribution in [-0.4, -0.2) is 28.7 Å². The summed E-state index contributed by atoms with van der Waals surface area (Å²) in [5.74, 6) is -0.300. The van der Waals surface area contributed by atoms with Gasteiger partial charge in [-0.15, -0.1) is 11.8 Å². The van der Waals surface area contributed by atoms with Gasteiger partial charge >= 0.3 is 11.7 Å². The summed E-state index contributed by atoms with van der Waals surface area (Å²) < 4.78 is 18.5. The fraction of sp³-hybridized carbons (Fsp3) is 0.250. The maximum atomic E-state index is 13.9. The molecular weight excluding hydrogens is 349 g/mol. The number of methoxy groups -OCH3 is 1. The lowest BCUT2D eigenvalue weighted by Crippen LogP contribution is -2.18. The Hall–Kier alpha value is -2.68. The van der Waals surface area contributed by atoms with Crippen molar-refractivity contribution in [2.45, 2.75) is 17.4 Å². The number of nitrogens with zero attached hydrogens (tertiary/aromatic N) is 2. The van der Waals surface area contributed by atoms with E-state index in [1.165, 1.54) is 31.1 Å². The van der Waals surface area contributed by atoms with Crippen molar-refractivity contribution in [2.24, 2.45) is 0 Å². The van der Waals surface area contributed by atoms with E-state index in [1.807, 2.05) is 0 Å². The first-order chi connectivity index (χ1) is 12.0. The third kappa shape index (κ3) is 3.41. The fourth-order valence-corrected chi connectivity index (χ4v) is 3.78. The van der Waals surface area contributed by atoms with Crippen molar-refractivity contribution < 1.29 is 18.8 Å². The van der Waals surface area contributed by atoms with E-state index in [0.717, 1.165) is 11.6 Å². The number of benzene rings is 1. The smallest absolute Gasteiger partial charge is 0.339 e. The normalized spacial score (nSPS) is 16.0. The highest BCUT2D eigenvalue weighted by Gasteiger charge is 2.27. The number of hydrogen-bond donors (Lipinski definition) is 1. The summed E-state index contributed by atoms with van der Waals surface area (Å²) in [5.41, 5.74) is 0.397. The van der Waals surface area contributed by atoms with E-state index in [1.54, 1.807) is 12.1 Å². The van der Waals surface area contributed by atoms with Crippen LogP contribution in [0.1, 0.15) is 28.4 Å². The number of ether oxygens (including phenoxy) is 1. The Morgan fingerprint density at radius 2 is 2.32 bits per heavy atom. The number of esters is 1. The summed E-state index contributed by atoms with van der Waals surface area (Å²) in [6, 6.07) is 5.60. The number of carbonyl (C=O) groups is 1. The molecule has 9 heteroatoms. The third-order valence-electron chi connectivity index (χ3n) is 3.82. The number of carbonyl (C=O) groups excluding carboxylic acids is 1. The molecule has 0 amide bonds. The molecule has 0 aliphatic carbocycles. The van der Waals surface area contributed by atoms with E-state index in [0.29, 0.717) is 17.1 Å². The third-order valence-corrected chi connectivity index (χ3v) is 4.98. The number of aromatic nitrogens is 1. The summed E-state index contributed by atoms with van der Waals surface area (Å²) in [6.07, 6.45) is 1.88. The van der Waals surface area contributed by atoms with E-state index >= 15 is 0 Å². The van der Waals surface area contributed by atoms with E-state index in [9.17, 15) is 19.3 Å². The second-order valence-electron chi connectivity index (χ2n) is 5.33. The standard InChI is InChI=1S/C16H14FN3O4S/c1-24-16(21)9-7-13(20(22)23)15(18-8-9)19-12-5-6-25-14-10(12)3-2-4-11(14)17/h2-4,7-8,12H,5-6H2,1H3,(H,18,19). The number of pyridine rings is 1. The van der Waals surface area contributed by atoms with Gasteiger partial charge in [0.15, 0.2) is 0 Å². The van der Waals surface area contributed by atoms with Crippen LogP contribution >= 0.6 is 11.8 Å². The van der Waals surface area contributed by atoms with Gasteiger partial charge in [-0.25, -0.2) is 14.2 Å². The number of nitro groups is 1. The Morgan fingerprint density at radius 3 is 3.04 bits per heavy atom. The summed E-state index contributed by atoms with van der Waals surface area (Å²) >= 11 is 1.42. The van der Waals surface area contributed by atoms with Gasteiger partial charge in [0.1, 0.15) is 5.82 Å². The molecule has 130 valence electrons. The predicted molar refractivity (Wildman–Crippen MR) is 90.3 cm³/mol. The van der Waals surface area contributed by atoms with Crippen LogP contribution in [0, 0.1) is 15.9 Å². The van der Waals surface area contributed by atoms with Crippen LogP contribution in [0.3, 0.4) is 0 Å². The Kier molecular flexibility index (Phi) is 4.84. The summed E-state index contributed by atoms with van der Waals surface area (Å²) in [5, 5.41) is 14.3. The molecule has 0 saturated carbocycles. The number of anilines is 1. The predicted octanol–water partition coefficient (Wildman–Crippen LogP) is 3.56. The second kappa shape index (κ2) is 7.06. The molecule has 2 heterocycles. The maximum absolute atomic E-state index is 13.9. The molecule has 0 saturated heterocycles. The highest BCUT2D eigenvalue weighted by Crippen LogP contribution is 2.40. The van der Waals surface area contributed by atoms with Crippen LogP contribution in [0.4, 0.5) is 15.9 Å². The van der Waals surface area contributed by atoms with Crippen LogP contribution in [0.15, 0.2) is 35.4 Å². The molecular formula is C16H14FN3O4S. The molecule has 3 rings (SSSR count). The van der Waals surface area contributed by atoms with Gasteiger partial charge in [-0.1, -0.05) is 12.1 Å². The molecule has 25 heavy (non-hydrogen) atoms. The lowest BCUT2D eigenvalue weighted by molar-refractivity contribution is -0.384. The number of hydrogen-bond acceptors (Lipinski definition) is 7. The Bertz CT molecular complexity index is 846. The van der Waals surface area contributed by atoms with Gasteiger partial charge in [0.25, 0.3) is 0 Å². The van der Waals surface area contributed by atoms with Crippen molar-refractivity contribution in [3.63, 3.8) is 0 Å². The molecule has 2 aromatic rings. The average Bonchev–Trinajstić information content (AvgIpc) is 2.62. The molecule has 0 spiro atoms. The maximum Gasteiger partial charge on any atom is 0.339 e. The summed E-state index contributed by atoms with van der Waals surface area (Å²) in [4.78, 5) is 26.8.